The second-order valence-electron chi connectivity index (χ2n) is 6.34. The van der Waals surface area contributed by atoms with Crippen molar-refractivity contribution in [2.45, 2.75) is 6.92 Å². The molecular weight excluding hydrogens is 430 g/mol. The van der Waals surface area contributed by atoms with Crippen molar-refractivity contribution in [2.24, 2.45) is 0 Å². The van der Waals surface area contributed by atoms with Gasteiger partial charge in [0.2, 0.25) is 0 Å². The van der Waals surface area contributed by atoms with Crippen LogP contribution in [0.2, 0.25) is 0 Å². The van der Waals surface area contributed by atoms with Gasteiger partial charge in [-0.1, -0.05) is 28.1 Å². The van der Waals surface area contributed by atoms with Crippen molar-refractivity contribution in [3.05, 3.63) is 77.3 Å². The molecule has 3 aromatic carbocycles. The van der Waals surface area contributed by atoms with E-state index in [0.29, 0.717) is 6.61 Å². The van der Waals surface area contributed by atoms with Gasteiger partial charge < -0.3 is 9.47 Å². The monoisotopic (exact) mass is 449 g/mol. The fourth-order valence-electron chi connectivity index (χ4n) is 3.10. The Morgan fingerprint density at radius 1 is 0.759 bits per heavy atom. The number of nitrogens with zero attached hydrogens (tertiary/aromatic N) is 3. The molecule has 0 unspecified atom stereocenters. The van der Waals surface area contributed by atoms with Gasteiger partial charge in [0.1, 0.15) is 11.5 Å². The molecule has 0 aliphatic heterocycles. The van der Waals surface area contributed by atoms with Crippen molar-refractivity contribution in [3.63, 3.8) is 0 Å². The Balaban J connectivity index is 1.85. The number of methoxy groups -OCH3 is 1. The third-order valence-corrected chi connectivity index (χ3v) is 5.05. The zero-order chi connectivity index (χ0) is 20.2. The first-order valence-electron chi connectivity index (χ1n) is 9.28. The number of halogens is 1. The van der Waals surface area contributed by atoms with Gasteiger partial charge >= 0.3 is 0 Å². The SMILES string of the molecule is CCOc1ccc(-c2nnc(-c3ccc(Br)cc3)n2-c2ccc(OC)cc2)cc1. The van der Waals surface area contributed by atoms with E-state index < -0.39 is 0 Å². The Labute approximate surface area is 178 Å². The van der Waals surface area contributed by atoms with Gasteiger partial charge in [-0.05, 0) is 67.6 Å². The topological polar surface area (TPSA) is 49.2 Å². The van der Waals surface area contributed by atoms with E-state index in [-0.39, 0.29) is 0 Å². The van der Waals surface area contributed by atoms with Crippen molar-refractivity contribution >= 4 is 15.9 Å². The second-order valence-corrected chi connectivity index (χ2v) is 7.26. The average Bonchev–Trinajstić information content (AvgIpc) is 3.20. The van der Waals surface area contributed by atoms with Crippen molar-refractivity contribution in [2.75, 3.05) is 13.7 Å². The molecule has 0 saturated heterocycles. The first-order valence-corrected chi connectivity index (χ1v) is 10.1. The first kappa shape index (κ1) is 19.2. The lowest BCUT2D eigenvalue weighted by atomic mass is 10.1. The van der Waals surface area contributed by atoms with E-state index >= 15 is 0 Å². The Kier molecular flexibility index (Phi) is 5.62. The molecule has 0 radical (unpaired) electrons. The molecular formula is C23H20BrN3O2. The molecule has 0 aliphatic carbocycles. The van der Waals surface area contributed by atoms with E-state index in [4.69, 9.17) is 9.47 Å². The number of aromatic nitrogens is 3. The molecule has 1 aromatic heterocycles. The van der Waals surface area contributed by atoms with E-state index in [1.54, 1.807) is 7.11 Å². The Morgan fingerprint density at radius 2 is 1.28 bits per heavy atom. The Bertz CT molecular complexity index is 1090. The van der Waals surface area contributed by atoms with E-state index in [0.717, 1.165) is 44.4 Å². The van der Waals surface area contributed by atoms with E-state index in [2.05, 4.69) is 30.7 Å². The average molecular weight is 450 g/mol. The number of ether oxygens (including phenoxy) is 2. The van der Waals surface area contributed by atoms with Gasteiger partial charge in [-0.3, -0.25) is 4.57 Å². The molecule has 29 heavy (non-hydrogen) atoms. The lowest BCUT2D eigenvalue weighted by Gasteiger charge is -2.12. The standard InChI is InChI=1S/C23H20BrN3O2/c1-3-29-21-12-6-17(7-13-21)23-26-25-22(16-4-8-18(24)9-5-16)27(23)19-10-14-20(28-2)15-11-19/h4-15H,3H2,1-2H3. The van der Waals surface area contributed by atoms with Gasteiger partial charge in [-0.15, -0.1) is 10.2 Å². The molecule has 0 atom stereocenters. The first-order chi connectivity index (χ1) is 14.2. The highest BCUT2D eigenvalue weighted by Crippen LogP contribution is 2.30. The Hall–Kier alpha value is -3.12. The maximum Gasteiger partial charge on any atom is 0.168 e. The normalized spacial score (nSPS) is 10.7. The summed E-state index contributed by atoms with van der Waals surface area (Å²) in [6.07, 6.45) is 0. The van der Waals surface area contributed by atoms with Crippen LogP contribution in [0, 0.1) is 0 Å². The van der Waals surface area contributed by atoms with Crippen LogP contribution in [-0.2, 0) is 0 Å². The summed E-state index contributed by atoms with van der Waals surface area (Å²) in [4.78, 5) is 0. The fourth-order valence-corrected chi connectivity index (χ4v) is 3.36. The van der Waals surface area contributed by atoms with Gasteiger partial charge in [0, 0.05) is 21.3 Å². The molecule has 1 heterocycles. The molecule has 5 nitrogen and oxygen atoms in total. The summed E-state index contributed by atoms with van der Waals surface area (Å²) in [7, 11) is 1.66. The van der Waals surface area contributed by atoms with Crippen LogP contribution in [0.25, 0.3) is 28.5 Å². The lowest BCUT2D eigenvalue weighted by molar-refractivity contribution is 0.340. The molecule has 0 saturated carbocycles. The number of hydrogen-bond donors (Lipinski definition) is 0. The molecule has 0 aliphatic rings. The van der Waals surface area contributed by atoms with Crippen molar-refractivity contribution < 1.29 is 9.47 Å². The molecule has 0 fully saturated rings. The van der Waals surface area contributed by atoms with Gasteiger partial charge in [-0.25, -0.2) is 0 Å². The van der Waals surface area contributed by atoms with Gasteiger partial charge in [0.05, 0.1) is 13.7 Å². The summed E-state index contributed by atoms with van der Waals surface area (Å²) in [5.74, 6) is 3.16. The van der Waals surface area contributed by atoms with Crippen LogP contribution in [0.3, 0.4) is 0 Å². The maximum atomic E-state index is 5.56. The minimum absolute atomic E-state index is 0.634. The quantitative estimate of drug-likeness (QED) is 0.374. The number of rotatable bonds is 6. The predicted octanol–water partition coefficient (Wildman–Crippen LogP) is 5.77. The zero-order valence-electron chi connectivity index (χ0n) is 16.2. The minimum atomic E-state index is 0.634. The van der Waals surface area contributed by atoms with Gasteiger partial charge in [0.15, 0.2) is 11.6 Å². The van der Waals surface area contributed by atoms with E-state index in [1.807, 2.05) is 79.7 Å². The number of hydrogen-bond acceptors (Lipinski definition) is 4. The summed E-state index contributed by atoms with van der Waals surface area (Å²) in [6.45, 7) is 2.60. The van der Waals surface area contributed by atoms with Crippen molar-refractivity contribution in [1.29, 1.82) is 0 Å². The van der Waals surface area contributed by atoms with E-state index in [9.17, 15) is 0 Å². The smallest absolute Gasteiger partial charge is 0.168 e. The summed E-state index contributed by atoms with van der Waals surface area (Å²) in [5.41, 5.74) is 2.89. The summed E-state index contributed by atoms with van der Waals surface area (Å²) < 4.78 is 13.9. The highest BCUT2D eigenvalue weighted by Gasteiger charge is 2.17. The van der Waals surface area contributed by atoms with Crippen LogP contribution in [0.5, 0.6) is 11.5 Å². The molecule has 6 heteroatoms. The molecule has 0 bridgehead atoms. The second kappa shape index (κ2) is 8.49. The van der Waals surface area contributed by atoms with Gasteiger partial charge in [0.25, 0.3) is 0 Å². The largest absolute Gasteiger partial charge is 0.497 e. The Morgan fingerprint density at radius 3 is 1.79 bits per heavy atom. The summed E-state index contributed by atoms with van der Waals surface area (Å²) >= 11 is 3.49. The summed E-state index contributed by atoms with van der Waals surface area (Å²) in [6, 6.07) is 23.8. The highest BCUT2D eigenvalue weighted by atomic mass is 79.9. The third kappa shape index (κ3) is 4.03. The lowest BCUT2D eigenvalue weighted by Crippen LogP contribution is -2.00. The zero-order valence-corrected chi connectivity index (χ0v) is 17.8. The minimum Gasteiger partial charge on any atom is -0.497 e. The van der Waals surface area contributed by atoms with Crippen LogP contribution in [0.1, 0.15) is 6.92 Å². The fraction of sp³-hybridized carbons (Fsp3) is 0.130. The van der Waals surface area contributed by atoms with Crippen LogP contribution in [-0.4, -0.2) is 28.5 Å². The highest BCUT2D eigenvalue weighted by molar-refractivity contribution is 9.10. The van der Waals surface area contributed by atoms with Crippen LogP contribution >= 0.6 is 15.9 Å². The van der Waals surface area contributed by atoms with Gasteiger partial charge in [-0.2, -0.15) is 0 Å². The van der Waals surface area contributed by atoms with E-state index in [1.165, 1.54) is 0 Å². The van der Waals surface area contributed by atoms with Crippen LogP contribution < -0.4 is 9.47 Å². The van der Waals surface area contributed by atoms with Crippen molar-refractivity contribution in [1.82, 2.24) is 14.8 Å². The molecule has 0 N–H and O–H groups in total. The number of benzene rings is 3. The molecule has 0 spiro atoms. The summed E-state index contributed by atoms with van der Waals surface area (Å²) in [5, 5.41) is 9.01. The maximum absolute atomic E-state index is 5.56. The molecule has 4 aromatic rings. The molecule has 146 valence electrons. The van der Waals surface area contributed by atoms with Crippen molar-refractivity contribution in [3.8, 4) is 40.0 Å². The van der Waals surface area contributed by atoms with Crippen LogP contribution in [0.4, 0.5) is 0 Å². The predicted molar refractivity (Wildman–Crippen MR) is 118 cm³/mol. The third-order valence-electron chi connectivity index (χ3n) is 4.52. The molecule has 4 rings (SSSR count). The molecule has 0 amide bonds. The van der Waals surface area contributed by atoms with Crippen LogP contribution in [0.15, 0.2) is 77.3 Å².